The third kappa shape index (κ3) is 7.04. The Morgan fingerprint density at radius 1 is 0.705 bits per heavy atom. The molecule has 0 spiro atoms. The Morgan fingerprint density at radius 3 is 2.15 bits per heavy atom. The first-order valence-electron chi connectivity index (χ1n) is 21.0. The average molecular weight is 792 g/mol. The summed E-state index contributed by atoms with van der Waals surface area (Å²) in [4.78, 5) is 10.1. The largest absolute Gasteiger partial charge is 0.456 e. The van der Waals surface area contributed by atoms with E-state index in [-0.39, 0.29) is 5.41 Å². The number of fused-ring (bicyclic) bond motifs is 5. The molecule has 0 saturated heterocycles. The molecule has 1 aromatic heterocycles. The molecule has 0 radical (unpaired) electrons. The molecule has 1 aliphatic carbocycles. The van der Waals surface area contributed by atoms with Gasteiger partial charge in [0.15, 0.2) is 5.84 Å². The second-order valence-corrected chi connectivity index (χ2v) is 16.3. The van der Waals surface area contributed by atoms with Gasteiger partial charge in [-0.05, 0) is 117 Å². The summed E-state index contributed by atoms with van der Waals surface area (Å²) in [7, 11) is 0. The zero-order valence-corrected chi connectivity index (χ0v) is 35.5. The van der Waals surface area contributed by atoms with Gasteiger partial charge in [0.25, 0.3) is 0 Å². The molecule has 0 unspecified atom stereocenters. The van der Waals surface area contributed by atoms with Gasteiger partial charge in [-0.25, -0.2) is 4.99 Å². The normalized spacial score (nSPS) is 15.7. The molecule has 0 saturated carbocycles. The Bertz CT molecular complexity index is 3170. The molecular weight excluding hydrogens is 743 g/mol. The van der Waals surface area contributed by atoms with Crippen LogP contribution in [0.15, 0.2) is 196 Å². The number of rotatable bonds is 8. The zero-order valence-electron chi connectivity index (χ0n) is 35.5. The SMILES string of the molecule is C=C/C(C/N=C(\N=C(/N)c1ccc(-c2cccc3oc4ccc(-c5ccc6ccc(C)c(/C=C\C)c6c5)cc4c23)cc1)c1ccccc1)=C1\C(=C/C)C(C)(C)c2ccccc21. The van der Waals surface area contributed by atoms with Crippen LogP contribution >= 0.6 is 0 Å². The molecule has 0 atom stereocenters. The average Bonchev–Trinajstić information content (AvgIpc) is 3.78. The molecule has 8 aromatic rings. The van der Waals surface area contributed by atoms with Crippen molar-refractivity contribution in [2.45, 2.75) is 40.0 Å². The van der Waals surface area contributed by atoms with Gasteiger partial charge in [0, 0.05) is 27.3 Å². The predicted molar refractivity (Wildman–Crippen MR) is 260 cm³/mol. The predicted octanol–water partition coefficient (Wildman–Crippen LogP) is 14.4. The second kappa shape index (κ2) is 16.0. The smallest absolute Gasteiger partial charge is 0.157 e. The number of nitrogens with zero attached hydrogens (tertiary/aromatic N) is 2. The Kier molecular flexibility index (Phi) is 10.3. The number of nitrogens with two attached hydrogens (primary N) is 1. The maximum atomic E-state index is 6.82. The maximum absolute atomic E-state index is 6.82. The number of benzene rings is 7. The summed E-state index contributed by atoms with van der Waals surface area (Å²) in [6.07, 6.45) is 8.47. The second-order valence-electron chi connectivity index (χ2n) is 16.3. The van der Waals surface area contributed by atoms with Gasteiger partial charge in [-0.1, -0.05) is 166 Å². The number of allylic oxidation sites excluding steroid dienone is 4. The lowest BCUT2D eigenvalue weighted by Crippen LogP contribution is -2.16. The molecule has 7 aromatic carbocycles. The lowest BCUT2D eigenvalue weighted by atomic mass is 9.81. The van der Waals surface area contributed by atoms with Crippen molar-refractivity contribution in [1.29, 1.82) is 0 Å². The number of furan rings is 1. The van der Waals surface area contributed by atoms with Crippen molar-refractivity contribution in [3.8, 4) is 22.3 Å². The molecule has 0 bridgehead atoms. The van der Waals surface area contributed by atoms with Crippen molar-refractivity contribution >= 4 is 56.0 Å². The number of hydrogen-bond donors (Lipinski definition) is 1. The van der Waals surface area contributed by atoms with Crippen LogP contribution in [0.4, 0.5) is 0 Å². The van der Waals surface area contributed by atoms with Gasteiger partial charge in [0.2, 0.25) is 0 Å². The molecule has 1 aliphatic rings. The molecule has 9 rings (SSSR count). The van der Waals surface area contributed by atoms with Crippen LogP contribution in [-0.4, -0.2) is 18.2 Å². The van der Waals surface area contributed by atoms with Crippen molar-refractivity contribution in [1.82, 2.24) is 0 Å². The molecule has 0 fully saturated rings. The van der Waals surface area contributed by atoms with E-state index >= 15 is 0 Å². The first kappa shape index (κ1) is 39.2. The minimum atomic E-state index is -0.122. The first-order valence-corrected chi connectivity index (χ1v) is 21.0. The number of hydrogen-bond acceptors (Lipinski definition) is 2. The molecule has 1 heterocycles. The van der Waals surface area contributed by atoms with E-state index in [1.807, 2.05) is 54.6 Å². The maximum Gasteiger partial charge on any atom is 0.157 e. The van der Waals surface area contributed by atoms with Gasteiger partial charge >= 0.3 is 0 Å². The summed E-state index contributed by atoms with van der Waals surface area (Å²) in [5.41, 5.74) is 23.2. The fraction of sp³-hybridized carbons (Fsp3) is 0.123. The van der Waals surface area contributed by atoms with E-state index in [9.17, 15) is 0 Å². The summed E-state index contributed by atoms with van der Waals surface area (Å²) < 4.78 is 6.44. The Morgan fingerprint density at radius 2 is 1.39 bits per heavy atom. The zero-order chi connectivity index (χ0) is 42.3. The highest BCUT2D eigenvalue weighted by Crippen LogP contribution is 2.51. The van der Waals surface area contributed by atoms with Crippen LogP contribution in [0.2, 0.25) is 0 Å². The van der Waals surface area contributed by atoms with Crippen LogP contribution in [0.1, 0.15) is 61.1 Å². The molecule has 4 heteroatoms. The Labute approximate surface area is 358 Å². The third-order valence-electron chi connectivity index (χ3n) is 12.3. The van der Waals surface area contributed by atoms with Crippen molar-refractivity contribution in [3.05, 3.63) is 215 Å². The van der Waals surface area contributed by atoms with E-state index in [0.29, 0.717) is 18.2 Å². The van der Waals surface area contributed by atoms with Crippen LogP contribution in [0.3, 0.4) is 0 Å². The van der Waals surface area contributed by atoms with Gasteiger partial charge < -0.3 is 10.2 Å². The van der Waals surface area contributed by atoms with Crippen molar-refractivity contribution in [2.75, 3.05) is 6.54 Å². The first-order chi connectivity index (χ1) is 29.7. The van der Waals surface area contributed by atoms with E-state index in [2.05, 4.69) is 156 Å². The molecule has 61 heavy (non-hydrogen) atoms. The lowest BCUT2D eigenvalue weighted by molar-refractivity contribution is 0.659. The number of aliphatic imine (C=N–C) groups is 2. The van der Waals surface area contributed by atoms with Crippen molar-refractivity contribution in [3.63, 3.8) is 0 Å². The van der Waals surface area contributed by atoms with Gasteiger partial charge in [-0.15, -0.1) is 0 Å². The van der Waals surface area contributed by atoms with Crippen LogP contribution < -0.4 is 5.73 Å². The summed E-state index contributed by atoms with van der Waals surface area (Å²) in [5, 5.41) is 4.64. The van der Waals surface area contributed by atoms with E-state index in [1.54, 1.807) is 0 Å². The van der Waals surface area contributed by atoms with Gasteiger partial charge in [-0.2, -0.15) is 0 Å². The molecule has 0 amide bonds. The van der Waals surface area contributed by atoms with Crippen LogP contribution in [0, 0.1) is 6.92 Å². The molecule has 2 N–H and O–H groups in total. The standard InChI is InChI=1S/C57H49N3O/c1-7-16-44-36(4)23-24-39-27-30-42(33-47(39)44)43-31-32-51-48(34-43)54-45(20-15-22-52(54)61-51)38-25-28-40(29-26-38)55(58)60-56(41-17-11-10-12-18-41)59-35-37(8-2)53-46-19-13-14-21-50(46)57(5,6)49(53)9-3/h7-34H,2,35H2,1,3-6H3,(H2,58,59,60)/b16-7-,49-9+,53-37+. The third-order valence-corrected chi connectivity index (χ3v) is 12.3. The van der Waals surface area contributed by atoms with Crippen molar-refractivity contribution in [2.24, 2.45) is 15.7 Å². The summed E-state index contributed by atoms with van der Waals surface area (Å²) in [5.74, 6) is 0.961. The van der Waals surface area contributed by atoms with Crippen LogP contribution in [-0.2, 0) is 5.41 Å². The van der Waals surface area contributed by atoms with Gasteiger partial charge in [0.1, 0.15) is 17.0 Å². The number of amidine groups is 2. The van der Waals surface area contributed by atoms with Gasteiger partial charge in [-0.3, -0.25) is 4.99 Å². The van der Waals surface area contributed by atoms with Crippen molar-refractivity contribution < 1.29 is 4.42 Å². The summed E-state index contributed by atoms with van der Waals surface area (Å²) in [6, 6.07) is 50.9. The van der Waals surface area contributed by atoms with E-state index in [1.165, 1.54) is 49.7 Å². The highest BCUT2D eigenvalue weighted by atomic mass is 16.3. The van der Waals surface area contributed by atoms with Gasteiger partial charge in [0.05, 0.1) is 6.54 Å². The topological polar surface area (TPSA) is 63.9 Å². The quantitative estimate of drug-likeness (QED) is 0.123. The lowest BCUT2D eigenvalue weighted by Gasteiger charge is -2.22. The van der Waals surface area contributed by atoms with E-state index in [4.69, 9.17) is 20.1 Å². The molecular formula is C57H49N3O. The highest BCUT2D eigenvalue weighted by molar-refractivity contribution is 6.14. The summed E-state index contributed by atoms with van der Waals surface area (Å²) >= 11 is 0. The monoisotopic (exact) mass is 791 g/mol. The van der Waals surface area contributed by atoms with E-state index in [0.717, 1.165) is 55.3 Å². The Balaban J connectivity index is 1.07. The number of aryl methyl sites for hydroxylation is 1. The minimum absolute atomic E-state index is 0.122. The molecule has 4 nitrogen and oxygen atoms in total. The van der Waals surface area contributed by atoms with E-state index < -0.39 is 0 Å². The Hall–Kier alpha value is -7.30. The van der Waals surface area contributed by atoms with Crippen LogP contribution in [0.25, 0.3) is 66.6 Å². The highest BCUT2D eigenvalue weighted by Gasteiger charge is 2.38. The molecule has 0 aliphatic heterocycles. The summed E-state index contributed by atoms with van der Waals surface area (Å²) in [6.45, 7) is 15.6. The minimum Gasteiger partial charge on any atom is -0.456 e. The van der Waals surface area contributed by atoms with Crippen LogP contribution in [0.5, 0.6) is 0 Å². The fourth-order valence-corrected chi connectivity index (χ4v) is 9.15. The fourth-order valence-electron chi connectivity index (χ4n) is 9.15. The molecule has 298 valence electrons.